The molecule has 1 aromatic rings. The Kier molecular flexibility index (Phi) is 5.15. The second-order valence-corrected chi connectivity index (χ2v) is 4.81. The molecule has 19 heavy (non-hydrogen) atoms. The highest BCUT2D eigenvalue weighted by Crippen LogP contribution is 2.10. The molecule has 1 aliphatic rings. The second kappa shape index (κ2) is 7.09. The molecule has 1 amide bonds. The number of rotatable bonds is 6. The predicted molar refractivity (Wildman–Crippen MR) is 76.4 cm³/mol. The van der Waals surface area contributed by atoms with Gasteiger partial charge in [0.25, 0.3) is 5.91 Å². The molecule has 0 spiro atoms. The van der Waals surface area contributed by atoms with Crippen molar-refractivity contribution in [2.24, 2.45) is 0 Å². The Balaban J connectivity index is 1.74. The number of carbonyl (C=O) groups is 1. The summed E-state index contributed by atoms with van der Waals surface area (Å²) in [5.74, 6) is 0.568. The first-order valence-electron chi connectivity index (χ1n) is 6.94. The molecule has 0 aromatic carbocycles. The lowest BCUT2D eigenvalue weighted by Gasteiger charge is -2.14. The minimum Gasteiger partial charge on any atom is -0.372 e. The number of anilines is 1. The van der Waals surface area contributed by atoms with Gasteiger partial charge in [-0.15, -0.1) is 0 Å². The van der Waals surface area contributed by atoms with Crippen LogP contribution in [0.5, 0.6) is 0 Å². The van der Waals surface area contributed by atoms with Gasteiger partial charge in [0.15, 0.2) is 0 Å². The van der Waals surface area contributed by atoms with E-state index in [1.165, 1.54) is 25.9 Å². The number of likely N-dealkylation sites (tertiary alicyclic amines) is 1. The molecular formula is C14H22N4O. The van der Waals surface area contributed by atoms with Crippen molar-refractivity contribution in [3.63, 3.8) is 0 Å². The van der Waals surface area contributed by atoms with Gasteiger partial charge >= 0.3 is 0 Å². The lowest BCUT2D eigenvalue weighted by molar-refractivity contribution is 0.0952. The normalized spacial score (nSPS) is 15.4. The first-order chi connectivity index (χ1) is 9.31. The summed E-state index contributed by atoms with van der Waals surface area (Å²) in [7, 11) is 1.77. The average molecular weight is 262 g/mol. The van der Waals surface area contributed by atoms with Crippen molar-refractivity contribution in [2.75, 3.05) is 38.5 Å². The SMILES string of the molecule is CNc1ncccc1C(=O)NCCCN1CCCC1. The Labute approximate surface area is 114 Å². The summed E-state index contributed by atoms with van der Waals surface area (Å²) in [6.07, 6.45) is 5.30. The van der Waals surface area contributed by atoms with Crippen LogP contribution in [-0.4, -0.2) is 49.0 Å². The van der Waals surface area contributed by atoms with E-state index in [0.717, 1.165) is 13.0 Å². The molecule has 2 N–H and O–H groups in total. The zero-order valence-electron chi connectivity index (χ0n) is 11.5. The Morgan fingerprint density at radius 3 is 2.95 bits per heavy atom. The van der Waals surface area contributed by atoms with Crippen LogP contribution in [0.1, 0.15) is 29.6 Å². The zero-order valence-corrected chi connectivity index (χ0v) is 11.5. The van der Waals surface area contributed by atoms with E-state index in [9.17, 15) is 4.79 Å². The van der Waals surface area contributed by atoms with Crippen molar-refractivity contribution in [1.29, 1.82) is 0 Å². The van der Waals surface area contributed by atoms with Gasteiger partial charge in [0.2, 0.25) is 0 Å². The van der Waals surface area contributed by atoms with Crippen LogP contribution in [0.2, 0.25) is 0 Å². The molecule has 1 aromatic heterocycles. The Bertz CT molecular complexity index is 416. The average Bonchev–Trinajstić information content (AvgIpc) is 2.96. The molecular weight excluding hydrogens is 240 g/mol. The number of pyridine rings is 1. The molecule has 5 heteroatoms. The Morgan fingerprint density at radius 1 is 1.42 bits per heavy atom. The molecule has 1 fully saturated rings. The molecule has 2 rings (SSSR count). The number of amides is 1. The molecule has 1 saturated heterocycles. The number of hydrogen-bond donors (Lipinski definition) is 2. The highest BCUT2D eigenvalue weighted by Gasteiger charge is 2.12. The van der Waals surface area contributed by atoms with E-state index in [-0.39, 0.29) is 5.91 Å². The maximum absolute atomic E-state index is 12.0. The van der Waals surface area contributed by atoms with Gasteiger partial charge in [0.05, 0.1) is 5.56 Å². The van der Waals surface area contributed by atoms with E-state index >= 15 is 0 Å². The smallest absolute Gasteiger partial charge is 0.255 e. The number of nitrogens with one attached hydrogen (secondary N) is 2. The van der Waals surface area contributed by atoms with Crippen LogP contribution in [0.4, 0.5) is 5.82 Å². The molecule has 0 radical (unpaired) electrons. The van der Waals surface area contributed by atoms with Crippen LogP contribution in [0.15, 0.2) is 18.3 Å². The predicted octanol–water partition coefficient (Wildman–Crippen LogP) is 1.34. The van der Waals surface area contributed by atoms with E-state index in [0.29, 0.717) is 17.9 Å². The minimum absolute atomic E-state index is 0.0566. The lowest BCUT2D eigenvalue weighted by atomic mass is 10.2. The molecule has 1 aliphatic heterocycles. The first-order valence-corrected chi connectivity index (χ1v) is 6.94. The van der Waals surface area contributed by atoms with Crippen LogP contribution in [0, 0.1) is 0 Å². The maximum Gasteiger partial charge on any atom is 0.255 e. The topological polar surface area (TPSA) is 57.3 Å². The summed E-state index contributed by atoms with van der Waals surface area (Å²) in [6.45, 7) is 4.21. The van der Waals surface area contributed by atoms with E-state index in [2.05, 4.69) is 20.5 Å². The number of hydrogen-bond acceptors (Lipinski definition) is 4. The van der Waals surface area contributed by atoms with Gasteiger partial charge in [0, 0.05) is 19.8 Å². The standard InChI is InChI=1S/C14H22N4O/c1-15-13-12(6-4-7-16-13)14(19)17-8-5-11-18-9-2-3-10-18/h4,6-7H,2-3,5,8-11H2,1H3,(H,15,16)(H,17,19). The maximum atomic E-state index is 12.0. The highest BCUT2D eigenvalue weighted by atomic mass is 16.1. The fraction of sp³-hybridized carbons (Fsp3) is 0.571. The number of carbonyl (C=O) groups excluding carboxylic acids is 1. The van der Waals surface area contributed by atoms with Gasteiger partial charge in [-0.25, -0.2) is 4.98 Å². The van der Waals surface area contributed by atoms with Gasteiger partial charge in [-0.1, -0.05) is 0 Å². The van der Waals surface area contributed by atoms with E-state index in [4.69, 9.17) is 0 Å². The van der Waals surface area contributed by atoms with Crippen LogP contribution in [0.3, 0.4) is 0 Å². The van der Waals surface area contributed by atoms with E-state index in [1.54, 1.807) is 25.4 Å². The molecule has 2 heterocycles. The van der Waals surface area contributed by atoms with Crippen molar-refractivity contribution < 1.29 is 4.79 Å². The van der Waals surface area contributed by atoms with Gasteiger partial charge in [0.1, 0.15) is 5.82 Å². The van der Waals surface area contributed by atoms with Crippen molar-refractivity contribution in [3.05, 3.63) is 23.9 Å². The van der Waals surface area contributed by atoms with Crippen molar-refractivity contribution in [1.82, 2.24) is 15.2 Å². The zero-order chi connectivity index (χ0) is 13.5. The fourth-order valence-electron chi connectivity index (χ4n) is 2.39. The monoisotopic (exact) mass is 262 g/mol. The van der Waals surface area contributed by atoms with Gasteiger partial charge in [-0.05, 0) is 51.0 Å². The quantitative estimate of drug-likeness (QED) is 0.760. The first kappa shape index (κ1) is 13.8. The summed E-state index contributed by atoms with van der Waals surface area (Å²) >= 11 is 0. The highest BCUT2D eigenvalue weighted by molar-refractivity contribution is 5.98. The third-order valence-corrected chi connectivity index (χ3v) is 3.42. The molecule has 0 aliphatic carbocycles. The Hall–Kier alpha value is -1.62. The summed E-state index contributed by atoms with van der Waals surface area (Å²) in [5.41, 5.74) is 0.603. The summed E-state index contributed by atoms with van der Waals surface area (Å²) < 4.78 is 0. The molecule has 5 nitrogen and oxygen atoms in total. The third-order valence-electron chi connectivity index (χ3n) is 3.42. The number of aromatic nitrogens is 1. The minimum atomic E-state index is -0.0566. The molecule has 0 unspecified atom stereocenters. The van der Waals surface area contributed by atoms with Crippen molar-refractivity contribution >= 4 is 11.7 Å². The van der Waals surface area contributed by atoms with Crippen LogP contribution in [-0.2, 0) is 0 Å². The summed E-state index contributed by atoms with van der Waals surface area (Å²) in [4.78, 5) is 18.6. The molecule has 0 bridgehead atoms. The summed E-state index contributed by atoms with van der Waals surface area (Å²) in [6, 6.07) is 3.56. The van der Waals surface area contributed by atoms with Crippen LogP contribution in [0.25, 0.3) is 0 Å². The van der Waals surface area contributed by atoms with Crippen molar-refractivity contribution in [3.8, 4) is 0 Å². The fourth-order valence-corrected chi connectivity index (χ4v) is 2.39. The second-order valence-electron chi connectivity index (χ2n) is 4.81. The van der Waals surface area contributed by atoms with Crippen molar-refractivity contribution in [2.45, 2.75) is 19.3 Å². The van der Waals surface area contributed by atoms with Crippen LogP contribution >= 0.6 is 0 Å². The molecule has 104 valence electrons. The number of nitrogens with zero attached hydrogens (tertiary/aromatic N) is 2. The van der Waals surface area contributed by atoms with Gasteiger partial charge in [-0.3, -0.25) is 4.79 Å². The van der Waals surface area contributed by atoms with E-state index < -0.39 is 0 Å². The van der Waals surface area contributed by atoms with Gasteiger partial charge in [-0.2, -0.15) is 0 Å². The van der Waals surface area contributed by atoms with Gasteiger partial charge < -0.3 is 15.5 Å². The lowest BCUT2D eigenvalue weighted by Crippen LogP contribution is -2.29. The Morgan fingerprint density at radius 2 is 2.21 bits per heavy atom. The third kappa shape index (κ3) is 3.92. The summed E-state index contributed by atoms with van der Waals surface area (Å²) in [5, 5.41) is 5.88. The largest absolute Gasteiger partial charge is 0.372 e. The molecule has 0 saturated carbocycles. The van der Waals surface area contributed by atoms with E-state index in [1.807, 2.05) is 0 Å². The molecule has 0 atom stereocenters. The van der Waals surface area contributed by atoms with Crippen LogP contribution < -0.4 is 10.6 Å².